The van der Waals surface area contributed by atoms with Gasteiger partial charge >= 0.3 is 0 Å². The number of carbonyl (C=O) groups excluding carboxylic acids is 1. The number of rotatable bonds is 7. The first-order chi connectivity index (χ1) is 12.2. The molecule has 0 unspecified atom stereocenters. The van der Waals surface area contributed by atoms with E-state index in [9.17, 15) is 4.79 Å². The average molecular weight is 338 g/mol. The molecule has 0 spiro atoms. The fraction of sp³-hybridized carbons (Fsp3) is 0.316. The van der Waals surface area contributed by atoms with Crippen molar-refractivity contribution in [3.8, 4) is 5.75 Å². The number of carbonyl (C=O) groups is 1. The van der Waals surface area contributed by atoms with Gasteiger partial charge in [0.05, 0.1) is 6.61 Å². The van der Waals surface area contributed by atoms with E-state index in [2.05, 4.69) is 9.97 Å². The van der Waals surface area contributed by atoms with Crippen LogP contribution in [0.5, 0.6) is 5.75 Å². The molecule has 0 bridgehead atoms. The Hall–Kier alpha value is -2.89. The number of amides is 1. The van der Waals surface area contributed by atoms with Gasteiger partial charge in [-0.15, -0.1) is 0 Å². The maximum absolute atomic E-state index is 12.7. The number of hydrogen-bond donors (Lipinski definition) is 1. The number of para-hydroxylation sites is 1. The van der Waals surface area contributed by atoms with E-state index < -0.39 is 0 Å². The third-order valence-electron chi connectivity index (χ3n) is 3.99. The van der Waals surface area contributed by atoms with Crippen LogP contribution in [-0.4, -0.2) is 33.4 Å². The second-order valence-corrected chi connectivity index (χ2v) is 5.95. The van der Waals surface area contributed by atoms with Crippen molar-refractivity contribution < 1.29 is 9.53 Å². The number of nitrogen functional groups attached to an aromatic ring is 1. The highest BCUT2D eigenvalue weighted by Gasteiger charge is 2.32. The summed E-state index contributed by atoms with van der Waals surface area (Å²) in [5.74, 6) is 1.03. The molecule has 2 N–H and O–H groups in total. The van der Waals surface area contributed by atoms with Crippen LogP contribution in [0.25, 0.3) is 6.08 Å². The van der Waals surface area contributed by atoms with Crippen LogP contribution in [0.2, 0.25) is 0 Å². The molecule has 0 aliphatic heterocycles. The van der Waals surface area contributed by atoms with Crippen molar-refractivity contribution in [2.45, 2.75) is 32.4 Å². The first-order valence-electron chi connectivity index (χ1n) is 8.44. The molecule has 1 aliphatic rings. The lowest BCUT2D eigenvalue weighted by molar-refractivity contribution is -0.127. The van der Waals surface area contributed by atoms with Crippen molar-refractivity contribution >= 4 is 17.9 Å². The third-order valence-corrected chi connectivity index (χ3v) is 3.99. The molecule has 0 saturated heterocycles. The van der Waals surface area contributed by atoms with Gasteiger partial charge in [0, 0.05) is 42.2 Å². The summed E-state index contributed by atoms with van der Waals surface area (Å²) in [5.41, 5.74) is 7.24. The van der Waals surface area contributed by atoms with Gasteiger partial charge in [-0.05, 0) is 31.9 Å². The monoisotopic (exact) mass is 338 g/mol. The maximum atomic E-state index is 12.7. The fourth-order valence-corrected chi connectivity index (χ4v) is 2.58. The van der Waals surface area contributed by atoms with Crippen molar-refractivity contribution in [2.24, 2.45) is 0 Å². The molecule has 1 aliphatic carbocycles. The predicted molar refractivity (Wildman–Crippen MR) is 96.7 cm³/mol. The zero-order valence-electron chi connectivity index (χ0n) is 14.3. The summed E-state index contributed by atoms with van der Waals surface area (Å²) in [7, 11) is 0. The zero-order chi connectivity index (χ0) is 17.6. The van der Waals surface area contributed by atoms with Gasteiger partial charge in [-0.25, -0.2) is 9.97 Å². The fourth-order valence-electron chi connectivity index (χ4n) is 2.58. The summed E-state index contributed by atoms with van der Waals surface area (Å²) in [4.78, 5) is 22.4. The van der Waals surface area contributed by atoms with E-state index in [-0.39, 0.29) is 11.9 Å². The minimum Gasteiger partial charge on any atom is -0.494 e. The molecular weight excluding hydrogens is 316 g/mol. The SMILES string of the molecule is CCOc1ccccc1CN(C(=O)C=Cc1cnc(N)nc1)C1CC1. The Bertz CT molecular complexity index is 754. The molecule has 1 saturated carbocycles. The summed E-state index contributed by atoms with van der Waals surface area (Å²) in [6.07, 6.45) is 8.56. The van der Waals surface area contributed by atoms with Crippen LogP contribution in [-0.2, 0) is 11.3 Å². The first kappa shape index (κ1) is 17.0. The lowest BCUT2D eigenvalue weighted by atomic mass is 10.1. The molecule has 1 heterocycles. The topological polar surface area (TPSA) is 81.3 Å². The smallest absolute Gasteiger partial charge is 0.247 e. The molecule has 1 fully saturated rings. The molecule has 3 rings (SSSR count). The third kappa shape index (κ3) is 4.56. The Morgan fingerprint density at radius 2 is 2.04 bits per heavy atom. The number of anilines is 1. The van der Waals surface area contributed by atoms with E-state index in [4.69, 9.17) is 10.5 Å². The molecular formula is C19H22N4O2. The number of nitrogens with zero attached hydrogens (tertiary/aromatic N) is 3. The lowest BCUT2D eigenvalue weighted by Crippen LogP contribution is -2.31. The van der Waals surface area contributed by atoms with Crippen LogP contribution in [0, 0.1) is 0 Å². The van der Waals surface area contributed by atoms with E-state index in [1.807, 2.05) is 36.1 Å². The van der Waals surface area contributed by atoms with Crippen LogP contribution in [0.1, 0.15) is 30.9 Å². The van der Waals surface area contributed by atoms with Gasteiger partial charge in [-0.3, -0.25) is 4.79 Å². The molecule has 0 radical (unpaired) electrons. The molecule has 6 nitrogen and oxygen atoms in total. The van der Waals surface area contributed by atoms with Crippen LogP contribution in [0.4, 0.5) is 5.95 Å². The van der Waals surface area contributed by atoms with Gasteiger partial charge in [-0.2, -0.15) is 0 Å². The Morgan fingerprint density at radius 3 is 2.72 bits per heavy atom. The highest BCUT2D eigenvalue weighted by Crippen LogP contribution is 2.30. The lowest BCUT2D eigenvalue weighted by Gasteiger charge is -2.22. The molecule has 1 aromatic heterocycles. The van der Waals surface area contributed by atoms with Crippen molar-refractivity contribution in [1.82, 2.24) is 14.9 Å². The Balaban J connectivity index is 1.73. The van der Waals surface area contributed by atoms with Gasteiger partial charge in [0.25, 0.3) is 0 Å². The van der Waals surface area contributed by atoms with Crippen LogP contribution in [0.3, 0.4) is 0 Å². The highest BCUT2D eigenvalue weighted by atomic mass is 16.5. The zero-order valence-corrected chi connectivity index (χ0v) is 14.3. The predicted octanol–water partition coefficient (Wildman–Crippen LogP) is 2.66. The Kier molecular flexibility index (Phi) is 5.28. The van der Waals surface area contributed by atoms with Crippen LogP contribution in [0.15, 0.2) is 42.7 Å². The Morgan fingerprint density at radius 1 is 1.32 bits per heavy atom. The second kappa shape index (κ2) is 7.79. The standard InChI is InChI=1S/C19H22N4O2/c1-2-25-17-6-4-3-5-15(17)13-23(16-8-9-16)18(24)10-7-14-11-21-19(20)22-12-14/h3-7,10-12,16H,2,8-9,13H2,1H3,(H2,20,21,22). The number of aromatic nitrogens is 2. The van der Waals surface area contributed by atoms with E-state index in [1.165, 1.54) is 0 Å². The minimum atomic E-state index is -0.0226. The van der Waals surface area contributed by atoms with E-state index >= 15 is 0 Å². The summed E-state index contributed by atoms with van der Waals surface area (Å²) >= 11 is 0. The number of benzene rings is 1. The first-order valence-corrected chi connectivity index (χ1v) is 8.44. The summed E-state index contributed by atoms with van der Waals surface area (Å²) < 4.78 is 5.67. The minimum absolute atomic E-state index is 0.0226. The summed E-state index contributed by atoms with van der Waals surface area (Å²) in [6.45, 7) is 3.10. The average Bonchev–Trinajstić information content (AvgIpc) is 3.45. The van der Waals surface area contributed by atoms with Crippen molar-refractivity contribution in [1.29, 1.82) is 0 Å². The van der Waals surface area contributed by atoms with Crippen molar-refractivity contribution in [2.75, 3.05) is 12.3 Å². The van der Waals surface area contributed by atoms with E-state index in [1.54, 1.807) is 24.5 Å². The maximum Gasteiger partial charge on any atom is 0.247 e. The summed E-state index contributed by atoms with van der Waals surface area (Å²) in [6, 6.07) is 8.16. The second-order valence-electron chi connectivity index (χ2n) is 5.95. The van der Waals surface area contributed by atoms with Crippen molar-refractivity contribution in [3.05, 3.63) is 53.9 Å². The number of nitrogens with two attached hydrogens (primary N) is 1. The Labute approximate surface area is 147 Å². The van der Waals surface area contributed by atoms with Crippen molar-refractivity contribution in [3.63, 3.8) is 0 Å². The molecule has 1 amide bonds. The van der Waals surface area contributed by atoms with Crippen LogP contribution < -0.4 is 10.5 Å². The van der Waals surface area contributed by atoms with E-state index in [0.29, 0.717) is 19.2 Å². The van der Waals surface area contributed by atoms with Gasteiger partial charge in [0.1, 0.15) is 5.75 Å². The van der Waals surface area contributed by atoms with Gasteiger partial charge in [-0.1, -0.05) is 18.2 Å². The molecule has 1 aromatic carbocycles. The number of ether oxygens (including phenoxy) is 1. The summed E-state index contributed by atoms with van der Waals surface area (Å²) in [5, 5.41) is 0. The van der Waals surface area contributed by atoms with E-state index in [0.717, 1.165) is 29.7 Å². The van der Waals surface area contributed by atoms with Gasteiger partial charge in [0.2, 0.25) is 11.9 Å². The highest BCUT2D eigenvalue weighted by molar-refractivity contribution is 5.92. The van der Waals surface area contributed by atoms with Crippen LogP contribution >= 0.6 is 0 Å². The molecule has 0 atom stereocenters. The normalized spacial score (nSPS) is 13.8. The number of hydrogen-bond acceptors (Lipinski definition) is 5. The molecule has 6 heteroatoms. The quantitative estimate of drug-likeness (QED) is 0.785. The molecule has 2 aromatic rings. The molecule has 130 valence electrons. The largest absolute Gasteiger partial charge is 0.494 e. The molecule has 25 heavy (non-hydrogen) atoms. The van der Waals surface area contributed by atoms with Gasteiger partial charge in [0.15, 0.2) is 0 Å². The van der Waals surface area contributed by atoms with Gasteiger partial charge < -0.3 is 15.4 Å².